The Labute approximate surface area is 272 Å². The van der Waals surface area contributed by atoms with Crippen LogP contribution in [-0.4, -0.2) is 77.8 Å². The highest BCUT2D eigenvalue weighted by molar-refractivity contribution is 6.07. The zero-order valence-corrected chi connectivity index (χ0v) is 27.5. The van der Waals surface area contributed by atoms with Gasteiger partial charge in [0.25, 0.3) is 5.91 Å². The monoisotopic (exact) mass is 629 g/mol. The first-order valence-electron chi connectivity index (χ1n) is 16.3. The molecule has 3 amide bonds. The van der Waals surface area contributed by atoms with Crippen molar-refractivity contribution in [1.82, 2.24) is 4.90 Å². The highest BCUT2D eigenvalue weighted by Gasteiger charge is 2.78. The number of ether oxygens (including phenoxy) is 2. The Hall–Kier alpha value is -3.95. The molecule has 2 bridgehead atoms. The highest BCUT2D eigenvalue weighted by Crippen LogP contribution is 2.63. The van der Waals surface area contributed by atoms with Gasteiger partial charge in [-0.2, -0.15) is 0 Å². The molecule has 0 aliphatic carbocycles. The summed E-state index contributed by atoms with van der Waals surface area (Å²) in [7, 11) is 0. The van der Waals surface area contributed by atoms with E-state index < -0.39 is 29.1 Å². The van der Waals surface area contributed by atoms with E-state index in [0.717, 1.165) is 16.8 Å². The van der Waals surface area contributed by atoms with Crippen LogP contribution < -0.4 is 14.5 Å². The second kappa shape index (κ2) is 13.4. The van der Waals surface area contributed by atoms with Gasteiger partial charge in [0, 0.05) is 37.6 Å². The molecule has 0 saturated carbocycles. The summed E-state index contributed by atoms with van der Waals surface area (Å²) in [5.41, 5.74) is 1.26. The lowest BCUT2D eigenvalue weighted by Gasteiger charge is -2.37. The first-order chi connectivity index (χ1) is 22.1. The van der Waals surface area contributed by atoms with Crippen LogP contribution in [0.4, 0.5) is 11.4 Å². The van der Waals surface area contributed by atoms with Crippen molar-refractivity contribution in [3.63, 3.8) is 0 Å². The Bertz CT molecular complexity index is 1490. The smallest absolute Gasteiger partial charge is 0.253 e. The summed E-state index contributed by atoms with van der Waals surface area (Å²) >= 11 is 0. The Morgan fingerprint density at radius 3 is 2.39 bits per heavy atom. The standard InChI is InChI=1S/C37H47N3O6/c1-7-20-38(27-14-16-28(17-15-27)45-9-3)33(42)30-31-34(43)40(22-10-11-23-41)32(37(31)19-18-36(30,6)46-37)35(44)39(21-8-2)29-24-25(4)12-13-26(29)5/h7-8,12-17,24,30-32,41H,1-2,9-11,18-23H2,3-6H3/t30-,31+,32?,36+,37?/m1/s1. The van der Waals surface area contributed by atoms with Crippen molar-refractivity contribution >= 4 is 29.1 Å². The van der Waals surface area contributed by atoms with Gasteiger partial charge in [0.1, 0.15) is 17.4 Å². The molecule has 5 rings (SSSR count). The van der Waals surface area contributed by atoms with E-state index in [4.69, 9.17) is 9.47 Å². The molecule has 0 radical (unpaired) electrons. The van der Waals surface area contributed by atoms with E-state index in [-0.39, 0.29) is 44.0 Å². The number of carbonyl (C=O) groups is 3. The summed E-state index contributed by atoms with van der Waals surface area (Å²) in [5, 5.41) is 9.54. The lowest BCUT2D eigenvalue weighted by Crippen LogP contribution is -2.56. The third-order valence-electron chi connectivity index (χ3n) is 9.85. The van der Waals surface area contributed by atoms with Gasteiger partial charge in [0.2, 0.25) is 11.8 Å². The van der Waals surface area contributed by atoms with Gasteiger partial charge in [-0.3, -0.25) is 14.4 Å². The predicted octanol–water partition coefficient (Wildman–Crippen LogP) is 4.98. The number of rotatable bonds is 14. The van der Waals surface area contributed by atoms with Crippen LogP contribution in [0.15, 0.2) is 67.8 Å². The molecule has 3 aliphatic rings. The number of benzene rings is 2. The number of likely N-dealkylation sites (tertiary alicyclic amines) is 1. The molecule has 2 unspecified atom stereocenters. The average molecular weight is 630 g/mol. The molecule has 3 aliphatic heterocycles. The molecule has 1 spiro atoms. The first-order valence-corrected chi connectivity index (χ1v) is 16.3. The van der Waals surface area contributed by atoms with Gasteiger partial charge in [-0.15, -0.1) is 13.2 Å². The van der Waals surface area contributed by atoms with Crippen LogP contribution >= 0.6 is 0 Å². The van der Waals surface area contributed by atoms with Gasteiger partial charge in [-0.05, 0) is 94.8 Å². The Morgan fingerprint density at radius 2 is 1.74 bits per heavy atom. The highest BCUT2D eigenvalue weighted by atomic mass is 16.5. The fraction of sp³-hybridized carbons (Fsp3) is 0.486. The van der Waals surface area contributed by atoms with Crippen molar-refractivity contribution in [2.75, 3.05) is 42.6 Å². The van der Waals surface area contributed by atoms with Crippen LogP contribution in [0.1, 0.15) is 50.7 Å². The largest absolute Gasteiger partial charge is 0.494 e. The third-order valence-corrected chi connectivity index (χ3v) is 9.85. The normalized spacial score (nSPS) is 26.2. The molecule has 246 valence electrons. The number of carbonyl (C=O) groups excluding carboxylic acids is 3. The molecule has 1 N–H and O–H groups in total. The molecule has 2 aromatic carbocycles. The summed E-state index contributed by atoms with van der Waals surface area (Å²) in [6.45, 7) is 16.9. The second-order valence-corrected chi connectivity index (χ2v) is 12.9. The topological polar surface area (TPSA) is 99.6 Å². The van der Waals surface area contributed by atoms with Gasteiger partial charge in [0.05, 0.1) is 24.0 Å². The number of anilines is 2. The molecule has 2 aromatic rings. The third kappa shape index (κ3) is 5.64. The van der Waals surface area contributed by atoms with Crippen molar-refractivity contribution in [2.45, 2.75) is 70.6 Å². The van der Waals surface area contributed by atoms with Gasteiger partial charge >= 0.3 is 0 Å². The minimum Gasteiger partial charge on any atom is -0.494 e. The number of hydrogen-bond donors (Lipinski definition) is 1. The molecule has 9 heteroatoms. The van der Waals surface area contributed by atoms with Crippen LogP contribution in [0.3, 0.4) is 0 Å². The van der Waals surface area contributed by atoms with E-state index in [9.17, 15) is 19.5 Å². The van der Waals surface area contributed by atoms with E-state index in [1.165, 1.54) is 0 Å². The summed E-state index contributed by atoms with van der Waals surface area (Å²) in [6, 6.07) is 12.3. The number of nitrogens with zero attached hydrogens (tertiary/aromatic N) is 3. The molecule has 3 heterocycles. The van der Waals surface area contributed by atoms with Crippen molar-refractivity contribution in [3.8, 4) is 5.75 Å². The van der Waals surface area contributed by atoms with Gasteiger partial charge in [-0.1, -0.05) is 24.3 Å². The fourth-order valence-corrected chi connectivity index (χ4v) is 7.82. The lowest BCUT2D eigenvalue weighted by atomic mass is 9.66. The number of amides is 3. The van der Waals surface area contributed by atoms with E-state index in [0.29, 0.717) is 43.7 Å². The maximum Gasteiger partial charge on any atom is 0.253 e. The number of aliphatic hydroxyl groups is 1. The van der Waals surface area contributed by atoms with E-state index in [1.54, 1.807) is 26.9 Å². The summed E-state index contributed by atoms with van der Waals surface area (Å²) in [5.74, 6) is -1.66. The maximum absolute atomic E-state index is 14.9. The molecule has 46 heavy (non-hydrogen) atoms. The zero-order valence-electron chi connectivity index (χ0n) is 27.5. The minimum atomic E-state index is -1.17. The molecular formula is C37H47N3O6. The Morgan fingerprint density at radius 1 is 1.04 bits per heavy atom. The minimum absolute atomic E-state index is 0.0193. The summed E-state index contributed by atoms with van der Waals surface area (Å²) in [6.07, 6.45) is 5.38. The van der Waals surface area contributed by atoms with Crippen LogP contribution in [0, 0.1) is 25.7 Å². The van der Waals surface area contributed by atoms with Gasteiger partial charge in [0.15, 0.2) is 0 Å². The Balaban J connectivity index is 1.57. The van der Waals surface area contributed by atoms with Crippen molar-refractivity contribution in [3.05, 3.63) is 78.9 Å². The lowest BCUT2D eigenvalue weighted by molar-refractivity contribution is -0.144. The number of hydrogen-bond acceptors (Lipinski definition) is 6. The summed E-state index contributed by atoms with van der Waals surface area (Å²) < 4.78 is 12.5. The van der Waals surface area contributed by atoms with Gasteiger partial charge in [-0.25, -0.2) is 0 Å². The molecular weight excluding hydrogens is 582 g/mol. The second-order valence-electron chi connectivity index (χ2n) is 12.9. The SMILES string of the molecule is C=CCN(C(=O)[C@H]1[C@H]2C(=O)N(CCCCO)C(C(=O)N(CC=C)c3cc(C)ccc3C)C23CC[C@]1(C)O3)c1ccc(OCC)cc1. The average Bonchev–Trinajstić information content (AvgIpc) is 3.60. The molecule has 9 nitrogen and oxygen atoms in total. The van der Waals surface area contributed by atoms with Crippen molar-refractivity contribution in [2.24, 2.45) is 11.8 Å². The number of aliphatic hydroxyl groups excluding tert-OH is 1. The van der Waals surface area contributed by atoms with E-state index >= 15 is 0 Å². The van der Waals surface area contributed by atoms with Crippen molar-refractivity contribution < 1.29 is 29.0 Å². The zero-order chi connectivity index (χ0) is 33.2. The number of fused-ring (bicyclic) bond motifs is 1. The Kier molecular flexibility index (Phi) is 9.75. The van der Waals surface area contributed by atoms with Crippen molar-refractivity contribution in [1.29, 1.82) is 0 Å². The van der Waals surface area contributed by atoms with E-state index in [1.807, 2.05) is 70.2 Å². The molecule has 3 saturated heterocycles. The van der Waals surface area contributed by atoms with E-state index in [2.05, 4.69) is 13.2 Å². The quantitative estimate of drug-likeness (QED) is 0.234. The molecule has 5 atom stereocenters. The summed E-state index contributed by atoms with van der Waals surface area (Å²) in [4.78, 5) is 49.1. The van der Waals surface area contributed by atoms with Crippen LogP contribution in [0.25, 0.3) is 0 Å². The van der Waals surface area contributed by atoms with Crippen LogP contribution in [-0.2, 0) is 19.1 Å². The molecule has 0 aromatic heterocycles. The fourth-order valence-electron chi connectivity index (χ4n) is 7.82. The van der Waals surface area contributed by atoms with Crippen LogP contribution in [0.2, 0.25) is 0 Å². The molecule has 3 fully saturated rings. The predicted molar refractivity (Wildman–Crippen MR) is 179 cm³/mol. The maximum atomic E-state index is 14.9. The van der Waals surface area contributed by atoms with Gasteiger partial charge < -0.3 is 29.3 Å². The number of unbranched alkanes of at least 4 members (excludes halogenated alkanes) is 1. The first kappa shape index (κ1) is 33.4. The van der Waals surface area contributed by atoms with Crippen LogP contribution in [0.5, 0.6) is 5.75 Å². The number of aryl methyl sites for hydroxylation is 2.